The minimum Gasteiger partial charge on any atom is -0.478 e. The Hall–Kier alpha value is -2.16. The van der Waals surface area contributed by atoms with Crippen LogP contribution in [0.25, 0.3) is 0 Å². The van der Waals surface area contributed by atoms with Crippen molar-refractivity contribution in [2.75, 3.05) is 19.8 Å². The second kappa shape index (κ2) is 8.28. The van der Waals surface area contributed by atoms with Crippen LogP contribution in [0.3, 0.4) is 0 Å². The van der Waals surface area contributed by atoms with Crippen LogP contribution < -0.4 is 4.74 Å². The predicted octanol–water partition coefficient (Wildman–Crippen LogP) is 4.08. The van der Waals surface area contributed by atoms with Gasteiger partial charge in [-0.2, -0.15) is 0 Å². The van der Waals surface area contributed by atoms with Crippen molar-refractivity contribution in [1.29, 1.82) is 0 Å². The maximum Gasteiger partial charge on any atom is 0.216 e. The minimum atomic E-state index is 0.200. The van der Waals surface area contributed by atoms with E-state index >= 15 is 0 Å². The first-order chi connectivity index (χ1) is 12.1. The number of hydrogen-bond acceptors (Lipinski definition) is 5. The number of rotatable bonds is 5. The van der Waals surface area contributed by atoms with Crippen LogP contribution in [0.1, 0.15) is 23.4 Å². The van der Waals surface area contributed by atoms with Gasteiger partial charge in [-0.25, -0.2) is 4.99 Å². The van der Waals surface area contributed by atoms with Crippen molar-refractivity contribution in [2.24, 2.45) is 4.99 Å². The first-order valence-corrected chi connectivity index (χ1v) is 8.56. The molecule has 0 radical (unpaired) electrons. The van der Waals surface area contributed by atoms with E-state index in [4.69, 9.17) is 37.2 Å². The zero-order valence-corrected chi connectivity index (χ0v) is 15.2. The van der Waals surface area contributed by atoms with Gasteiger partial charge in [-0.1, -0.05) is 40.2 Å². The van der Waals surface area contributed by atoms with E-state index in [9.17, 15) is 0 Å². The quantitative estimate of drug-likeness (QED) is 0.735. The number of ether oxygens (including phenoxy) is 2. The monoisotopic (exact) mass is 378 g/mol. The van der Waals surface area contributed by atoms with Gasteiger partial charge < -0.3 is 14.0 Å². The molecule has 0 aliphatic carbocycles. The Bertz CT molecular complexity index is 826. The van der Waals surface area contributed by atoms with E-state index < -0.39 is 0 Å². The van der Waals surface area contributed by atoms with Crippen LogP contribution in [-0.2, 0) is 11.2 Å². The second-order valence-electron chi connectivity index (χ2n) is 5.38. The predicted molar refractivity (Wildman–Crippen MR) is 96.7 cm³/mol. The molecule has 1 aliphatic heterocycles. The van der Waals surface area contributed by atoms with Crippen LogP contribution in [0.4, 0.5) is 0 Å². The zero-order valence-electron chi connectivity index (χ0n) is 13.6. The molecule has 25 heavy (non-hydrogen) atoms. The van der Waals surface area contributed by atoms with Crippen molar-refractivity contribution in [3.05, 3.63) is 45.3 Å². The summed E-state index contributed by atoms with van der Waals surface area (Å²) in [4.78, 5) is 4.24. The molecule has 0 fully saturated rings. The third-order valence-corrected chi connectivity index (χ3v) is 3.98. The number of aliphatic imine (C=N–C) groups is 1. The summed E-state index contributed by atoms with van der Waals surface area (Å²) in [5.74, 6) is 7.74. The molecule has 3 rings (SSSR count). The summed E-state index contributed by atoms with van der Waals surface area (Å²) in [6.45, 7) is 3.31. The van der Waals surface area contributed by atoms with Gasteiger partial charge in [-0.3, -0.25) is 0 Å². The van der Waals surface area contributed by atoms with Crippen LogP contribution in [0.5, 0.6) is 5.75 Å². The lowest BCUT2D eigenvalue weighted by molar-refractivity contribution is 0.348. The van der Waals surface area contributed by atoms with E-state index in [1.165, 1.54) is 0 Å². The molecule has 5 nitrogen and oxygen atoms in total. The Morgan fingerprint density at radius 1 is 1.20 bits per heavy atom. The smallest absolute Gasteiger partial charge is 0.216 e. The number of halogens is 2. The molecule has 0 bridgehead atoms. The van der Waals surface area contributed by atoms with Crippen LogP contribution in [-0.4, -0.2) is 30.8 Å². The molecule has 1 aromatic carbocycles. The molecule has 0 saturated carbocycles. The molecular weight excluding hydrogens is 363 g/mol. The highest BCUT2D eigenvalue weighted by molar-refractivity contribution is 6.37. The van der Waals surface area contributed by atoms with Crippen molar-refractivity contribution < 1.29 is 14.0 Å². The van der Waals surface area contributed by atoms with E-state index in [1.807, 2.05) is 13.0 Å². The molecule has 0 spiro atoms. The highest BCUT2D eigenvalue weighted by Gasteiger charge is 2.16. The van der Waals surface area contributed by atoms with Crippen LogP contribution in [0, 0.1) is 18.8 Å². The lowest BCUT2D eigenvalue weighted by atomic mass is 10.2. The number of nitrogens with zero attached hydrogens (tertiary/aromatic N) is 2. The summed E-state index contributed by atoms with van der Waals surface area (Å²) in [6.07, 6.45) is 1.38. The third-order valence-electron chi connectivity index (χ3n) is 3.42. The van der Waals surface area contributed by atoms with Gasteiger partial charge in [0.15, 0.2) is 5.75 Å². The SMILES string of the molecule is Cc1cc(CCC#CCOc2c(Cl)cc(C3=NCCO3)cc2Cl)on1. The maximum absolute atomic E-state index is 6.25. The Kier molecular flexibility index (Phi) is 5.85. The summed E-state index contributed by atoms with van der Waals surface area (Å²) >= 11 is 12.5. The highest BCUT2D eigenvalue weighted by Crippen LogP contribution is 2.34. The highest BCUT2D eigenvalue weighted by atomic mass is 35.5. The van der Waals surface area contributed by atoms with Crippen molar-refractivity contribution >= 4 is 29.1 Å². The fourth-order valence-electron chi connectivity index (χ4n) is 2.30. The van der Waals surface area contributed by atoms with E-state index in [2.05, 4.69) is 22.0 Å². The molecule has 130 valence electrons. The molecule has 2 aromatic rings. The molecule has 1 aliphatic rings. The van der Waals surface area contributed by atoms with Crippen LogP contribution >= 0.6 is 23.2 Å². The van der Waals surface area contributed by atoms with Gasteiger partial charge in [-0.15, -0.1) is 0 Å². The Morgan fingerprint density at radius 3 is 2.64 bits per heavy atom. The number of hydrogen-bond donors (Lipinski definition) is 0. The standard InChI is InChI=1S/C18H16Cl2N2O3/c1-12-9-14(25-22-12)5-3-2-4-7-23-17-15(19)10-13(11-16(17)20)18-21-6-8-24-18/h9-11H,3,5-8H2,1H3. The summed E-state index contributed by atoms with van der Waals surface area (Å²) < 4.78 is 16.1. The van der Waals surface area contributed by atoms with Crippen LogP contribution in [0.2, 0.25) is 10.0 Å². The number of benzene rings is 1. The molecular formula is C18H16Cl2N2O3. The molecule has 0 unspecified atom stereocenters. The summed E-state index contributed by atoms with van der Waals surface area (Å²) in [5, 5.41) is 4.64. The third kappa shape index (κ3) is 4.68. The first kappa shape index (κ1) is 17.7. The summed E-state index contributed by atoms with van der Waals surface area (Å²) in [7, 11) is 0. The summed E-state index contributed by atoms with van der Waals surface area (Å²) in [5.41, 5.74) is 1.61. The van der Waals surface area contributed by atoms with Gasteiger partial charge in [0.1, 0.15) is 19.0 Å². The fourth-order valence-corrected chi connectivity index (χ4v) is 2.89. The molecule has 0 N–H and O–H groups in total. The second-order valence-corrected chi connectivity index (χ2v) is 6.20. The average Bonchev–Trinajstić information content (AvgIpc) is 3.24. The normalized spacial score (nSPS) is 13.0. The van der Waals surface area contributed by atoms with Gasteiger partial charge in [0, 0.05) is 24.5 Å². The Morgan fingerprint density at radius 2 is 2.00 bits per heavy atom. The molecule has 1 aromatic heterocycles. The average molecular weight is 379 g/mol. The van der Waals surface area contributed by atoms with Crippen LogP contribution in [0.15, 0.2) is 27.7 Å². The Labute approximate surface area is 155 Å². The molecule has 7 heteroatoms. The topological polar surface area (TPSA) is 56.9 Å². The lowest BCUT2D eigenvalue weighted by Gasteiger charge is -2.10. The van der Waals surface area contributed by atoms with E-state index in [1.54, 1.807) is 12.1 Å². The van der Waals surface area contributed by atoms with Crippen molar-refractivity contribution in [3.63, 3.8) is 0 Å². The van der Waals surface area contributed by atoms with Gasteiger partial charge in [0.25, 0.3) is 0 Å². The lowest BCUT2D eigenvalue weighted by Crippen LogP contribution is -2.03. The largest absolute Gasteiger partial charge is 0.478 e. The van der Waals surface area contributed by atoms with Gasteiger partial charge in [0.05, 0.1) is 22.3 Å². The molecule has 0 amide bonds. The Balaban J connectivity index is 1.54. The van der Waals surface area contributed by atoms with E-state index in [0.717, 1.165) is 17.0 Å². The van der Waals surface area contributed by atoms with Crippen molar-refractivity contribution in [1.82, 2.24) is 5.16 Å². The zero-order chi connectivity index (χ0) is 17.6. The molecule has 2 heterocycles. The fraction of sp³-hybridized carbons (Fsp3) is 0.333. The van der Waals surface area contributed by atoms with Gasteiger partial charge in [0.2, 0.25) is 5.90 Å². The van der Waals surface area contributed by atoms with Crippen molar-refractivity contribution in [2.45, 2.75) is 19.8 Å². The van der Waals surface area contributed by atoms with E-state index in [-0.39, 0.29) is 6.61 Å². The number of aryl methyl sites for hydroxylation is 2. The first-order valence-electron chi connectivity index (χ1n) is 7.81. The maximum atomic E-state index is 6.25. The van der Waals surface area contributed by atoms with Gasteiger partial charge in [-0.05, 0) is 19.1 Å². The summed E-state index contributed by atoms with van der Waals surface area (Å²) in [6, 6.07) is 5.36. The van der Waals surface area contributed by atoms with Crippen molar-refractivity contribution in [3.8, 4) is 17.6 Å². The van der Waals surface area contributed by atoms with E-state index in [0.29, 0.717) is 47.7 Å². The van der Waals surface area contributed by atoms with Gasteiger partial charge >= 0.3 is 0 Å². The molecule has 0 saturated heterocycles. The number of aromatic nitrogens is 1. The molecule has 0 atom stereocenters. The minimum absolute atomic E-state index is 0.200.